The Morgan fingerprint density at radius 1 is 1.28 bits per heavy atom. The lowest BCUT2D eigenvalue weighted by Crippen LogP contribution is -2.44. The number of nitriles is 1. The average Bonchev–Trinajstić information content (AvgIpc) is 2.67. The zero-order chi connectivity index (χ0) is 21.0. The van der Waals surface area contributed by atoms with Crippen molar-refractivity contribution in [1.82, 2.24) is 10.3 Å². The van der Waals surface area contributed by atoms with Gasteiger partial charge < -0.3 is 15.0 Å². The van der Waals surface area contributed by atoms with Crippen molar-refractivity contribution >= 4 is 11.6 Å². The first-order valence-corrected chi connectivity index (χ1v) is 9.03. The number of anilines is 1. The Morgan fingerprint density at radius 3 is 2.48 bits per heavy atom. The van der Waals surface area contributed by atoms with Crippen LogP contribution in [0.4, 0.5) is 18.9 Å². The summed E-state index contributed by atoms with van der Waals surface area (Å²) in [4.78, 5) is 17.5. The van der Waals surface area contributed by atoms with E-state index in [0.717, 1.165) is 18.5 Å². The summed E-state index contributed by atoms with van der Waals surface area (Å²) < 4.78 is 40.8. The molecule has 1 N–H and O–H groups in total. The molecule has 3 rings (SSSR count). The second-order valence-corrected chi connectivity index (χ2v) is 6.73. The van der Waals surface area contributed by atoms with Gasteiger partial charge in [-0.05, 0) is 43.2 Å². The Kier molecular flexibility index (Phi) is 5.92. The molecule has 1 aliphatic heterocycles. The number of carbonyl (C=O) groups excluding carboxylic acids is 1. The van der Waals surface area contributed by atoms with Crippen LogP contribution in [0.25, 0.3) is 11.3 Å². The number of hydrogen-bond donors (Lipinski definition) is 1. The van der Waals surface area contributed by atoms with Crippen LogP contribution in [-0.2, 0) is 4.79 Å². The summed E-state index contributed by atoms with van der Waals surface area (Å²) in [6.45, 7) is 2.82. The Balaban J connectivity index is 1.79. The molecule has 1 saturated heterocycles. The molecule has 1 fully saturated rings. The number of halogens is 3. The molecule has 0 atom stereocenters. The van der Waals surface area contributed by atoms with E-state index in [-0.39, 0.29) is 17.7 Å². The topological polar surface area (TPSA) is 78.2 Å². The molecule has 0 aliphatic carbocycles. The van der Waals surface area contributed by atoms with Gasteiger partial charge in [0.15, 0.2) is 0 Å². The van der Waals surface area contributed by atoms with Gasteiger partial charge in [-0.2, -0.15) is 5.26 Å². The lowest BCUT2D eigenvalue weighted by molar-refractivity contribution is -0.274. The van der Waals surface area contributed by atoms with Gasteiger partial charge in [0, 0.05) is 37.8 Å². The Morgan fingerprint density at radius 2 is 1.93 bits per heavy atom. The van der Waals surface area contributed by atoms with Crippen LogP contribution in [0.2, 0.25) is 0 Å². The SMILES string of the molecule is CC(=O)NC1CCN(c2cc(-c3ccc(OC(F)(F)F)cc3)ncc2C#N)CC1. The predicted molar refractivity (Wildman–Crippen MR) is 100 cm³/mol. The zero-order valence-electron chi connectivity index (χ0n) is 15.7. The molecule has 0 radical (unpaired) electrons. The van der Waals surface area contributed by atoms with Crippen molar-refractivity contribution in [2.45, 2.75) is 32.2 Å². The molecule has 1 aromatic carbocycles. The second kappa shape index (κ2) is 8.39. The lowest BCUT2D eigenvalue weighted by Gasteiger charge is -2.34. The van der Waals surface area contributed by atoms with Gasteiger partial charge >= 0.3 is 6.36 Å². The van der Waals surface area contributed by atoms with Crippen LogP contribution in [-0.4, -0.2) is 36.4 Å². The molecule has 0 spiro atoms. The third-order valence-corrected chi connectivity index (χ3v) is 4.63. The lowest BCUT2D eigenvalue weighted by atomic mass is 10.0. The van der Waals surface area contributed by atoms with E-state index in [2.05, 4.69) is 26.0 Å². The zero-order valence-corrected chi connectivity index (χ0v) is 15.7. The number of amides is 1. The quantitative estimate of drug-likeness (QED) is 0.842. The van der Waals surface area contributed by atoms with E-state index < -0.39 is 6.36 Å². The highest BCUT2D eigenvalue weighted by Crippen LogP contribution is 2.30. The number of benzene rings is 1. The molecule has 1 amide bonds. The minimum atomic E-state index is -4.75. The maximum absolute atomic E-state index is 12.3. The van der Waals surface area contributed by atoms with E-state index in [9.17, 15) is 23.2 Å². The fourth-order valence-electron chi connectivity index (χ4n) is 3.33. The first-order valence-electron chi connectivity index (χ1n) is 9.03. The van der Waals surface area contributed by atoms with Crippen LogP contribution < -0.4 is 15.0 Å². The number of piperidine rings is 1. The maximum Gasteiger partial charge on any atom is 0.573 e. The van der Waals surface area contributed by atoms with E-state index in [1.807, 2.05) is 0 Å². The van der Waals surface area contributed by atoms with Crippen molar-refractivity contribution in [3.63, 3.8) is 0 Å². The summed E-state index contributed by atoms with van der Waals surface area (Å²) >= 11 is 0. The highest BCUT2D eigenvalue weighted by Gasteiger charge is 2.31. The first kappa shape index (κ1) is 20.5. The number of aromatic nitrogens is 1. The van der Waals surface area contributed by atoms with E-state index in [4.69, 9.17) is 0 Å². The average molecular weight is 404 g/mol. The number of rotatable bonds is 4. The van der Waals surface area contributed by atoms with E-state index in [1.54, 1.807) is 6.07 Å². The molecule has 2 aromatic rings. The summed E-state index contributed by atoms with van der Waals surface area (Å²) in [5.74, 6) is -0.375. The van der Waals surface area contributed by atoms with Gasteiger partial charge in [-0.1, -0.05) is 0 Å². The third kappa shape index (κ3) is 5.38. The first-order chi connectivity index (χ1) is 13.7. The Bertz CT molecular complexity index is 915. The Hall–Kier alpha value is -3.28. The summed E-state index contributed by atoms with van der Waals surface area (Å²) in [5, 5.41) is 12.3. The summed E-state index contributed by atoms with van der Waals surface area (Å²) in [6, 6.07) is 9.42. The van der Waals surface area contributed by atoms with Crippen molar-refractivity contribution < 1.29 is 22.7 Å². The van der Waals surface area contributed by atoms with Gasteiger partial charge in [-0.3, -0.25) is 9.78 Å². The number of hydrogen-bond acceptors (Lipinski definition) is 5. The van der Waals surface area contributed by atoms with Gasteiger partial charge in [0.1, 0.15) is 11.8 Å². The predicted octanol–water partition coefficient (Wildman–Crippen LogP) is 3.62. The van der Waals surface area contributed by atoms with Gasteiger partial charge in [0.05, 0.1) is 16.9 Å². The van der Waals surface area contributed by atoms with E-state index in [0.29, 0.717) is 29.9 Å². The number of pyridine rings is 1. The molecular formula is C20H19F3N4O2. The standard InChI is InChI=1S/C20H19F3N4O2/c1-13(28)26-16-6-8-27(9-7-16)19-10-18(25-12-15(19)11-24)14-2-4-17(5-3-14)29-20(21,22)23/h2-5,10,12,16H,6-9H2,1H3,(H,26,28). The molecule has 1 aromatic heterocycles. The normalized spacial score (nSPS) is 14.9. The Labute approximate surface area is 165 Å². The highest BCUT2D eigenvalue weighted by molar-refractivity contribution is 5.73. The maximum atomic E-state index is 12.3. The molecule has 0 bridgehead atoms. The van der Waals surface area contributed by atoms with Crippen molar-refractivity contribution in [3.8, 4) is 23.1 Å². The van der Waals surface area contributed by atoms with Crippen LogP contribution in [0.3, 0.4) is 0 Å². The molecule has 0 unspecified atom stereocenters. The van der Waals surface area contributed by atoms with E-state index >= 15 is 0 Å². The molecule has 2 heterocycles. The van der Waals surface area contributed by atoms with Gasteiger partial charge in [0.2, 0.25) is 5.91 Å². The number of nitrogens with one attached hydrogen (secondary N) is 1. The third-order valence-electron chi connectivity index (χ3n) is 4.63. The van der Waals surface area contributed by atoms with Crippen LogP contribution in [0.1, 0.15) is 25.3 Å². The number of carbonyl (C=O) groups is 1. The van der Waals surface area contributed by atoms with Crippen LogP contribution in [0.5, 0.6) is 5.75 Å². The van der Waals surface area contributed by atoms with Crippen molar-refractivity contribution in [1.29, 1.82) is 5.26 Å². The molecule has 9 heteroatoms. The number of nitrogens with zero attached hydrogens (tertiary/aromatic N) is 3. The van der Waals surface area contributed by atoms with Crippen molar-refractivity contribution in [2.24, 2.45) is 0 Å². The van der Waals surface area contributed by atoms with E-state index in [1.165, 1.54) is 37.4 Å². The van der Waals surface area contributed by atoms with Gasteiger partial charge in [-0.15, -0.1) is 13.2 Å². The second-order valence-electron chi connectivity index (χ2n) is 6.73. The largest absolute Gasteiger partial charge is 0.573 e. The van der Waals surface area contributed by atoms with Gasteiger partial charge in [-0.25, -0.2) is 0 Å². The molecule has 0 saturated carbocycles. The van der Waals surface area contributed by atoms with Crippen LogP contribution in [0, 0.1) is 11.3 Å². The summed E-state index contributed by atoms with van der Waals surface area (Å²) in [6.07, 6.45) is -1.77. The van der Waals surface area contributed by atoms with Crippen molar-refractivity contribution in [2.75, 3.05) is 18.0 Å². The van der Waals surface area contributed by atoms with Crippen LogP contribution >= 0.6 is 0 Å². The minimum Gasteiger partial charge on any atom is -0.406 e. The van der Waals surface area contributed by atoms with Crippen LogP contribution in [0.15, 0.2) is 36.5 Å². The molecule has 6 nitrogen and oxygen atoms in total. The highest BCUT2D eigenvalue weighted by atomic mass is 19.4. The fraction of sp³-hybridized carbons (Fsp3) is 0.350. The summed E-state index contributed by atoms with van der Waals surface area (Å²) in [5.41, 5.74) is 2.29. The smallest absolute Gasteiger partial charge is 0.406 e. The molecule has 29 heavy (non-hydrogen) atoms. The molecular weight excluding hydrogens is 385 g/mol. The minimum absolute atomic E-state index is 0.0645. The fourth-order valence-corrected chi connectivity index (χ4v) is 3.33. The van der Waals surface area contributed by atoms with Gasteiger partial charge in [0.25, 0.3) is 0 Å². The number of alkyl halides is 3. The molecule has 1 aliphatic rings. The monoisotopic (exact) mass is 404 g/mol. The molecule has 152 valence electrons. The number of ether oxygens (including phenoxy) is 1. The van der Waals surface area contributed by atoms with Crippen molar-refractivity contribution in [3.05, 3.63) is 42.1 Å². The summed E-state index contributed by atoms with van der Waals surface area (Å²) in [7, 11) is 0.